The number of hydrogen-bond acceptors (Lipinski definition) is 6. The van der Waals surface area contributed by atoms with Gasteiger partial charge >= 0.3 is 5.76 Å². The lowest BCUT2D eigenvalue weighted by Crippen LogP contribution is -2.13. The summed E-state index contributed by atoms with van der Waals surface area (Å²) in [5.41, 5.74) is 7.14. The lowest BCUT2D eigenvalue weighted by atomic mass is 9.89. The Kier molecular flexibility index (Phi) is 5.69. The largest absolute Gasteiger partial charge is 0.488 e. The molecule has 0 bridgehead atoms. The molecule has 3 heterocycles. The van der Waals surface area contributed by atoms with E-state index in [-0.39, 0.29) is 12.4 Å². The molecule has 186 valence electrons. The number of ether oxygens (including phenoxy) is 1. The third kappa shape index (κ3) is 4.13. The minimum absolute atomic E-state index is 0.264. The number of halogens is 1. The van der Waals surface area contributed by atoms with Crippen molar-refractivity contribution in [2.75, 3.05) is 7.05 Å². The van der Waals surface area contributed by atoms with Crippen molar-refractivity contribution >= 4 is 22.2 Å². The maximum atomic E-state index is 14.1. The van der Waals surface area contributed by atoms with Crippen LogP contribution in [0.1, 0.15) is 40.8 Å². The molecule has 0 aliphatic carbocycles. The van der Waals surface area contributed by atoms with Crippen molar-refractivity contribution in [3.63, 3.8) is 0 Å². The highest BCUT2D eigenvalue weighted by atomic mass is 19.1. The first kappa shape index (κ1) is 22.9. The highest BCUT2D eigenvalue weighted by molar-refractivity contribution is 5.99. The van der Waals surface area contributed by atoms with Crippen LogP contribution in [0.3, 0.4) is 0 Å². The number of benzene rings is 3. The summed E-state index contributed by atoms with van der Waals surface area (Å²) in [7, 11) is 1.90. The van der Waals surface area contributed by atoms with Gasteiger partial charge in [-0.25, -0.2) is 14.2 Å². The van der Waals surface area contributed by atoms with Gasteiger partial charge in [0, 0.05) is 23.7 Å². The van der Waals surface area contributed by atoms with Gasteiger partial charge in [-0.1, -0.05) is 29.4 Å². The number of rotatable bonds is 5. The van der Waals surface area contributed by atoms with Crippen LogP contribution >= 0.6 is 0 Å². The van der Waals surface area contributed by atoms with Gasteiger partial charge in [-0.2, -0.15) is 0 Å². The second-order valence-electron chi connectivity index (χ2n) is 9.00. The molecule has 0 radical (unpaired) electrons. The number of H-pyrrole nitrogens is 1. The molecule has 6 rings (SSSR count). The molecule has 37 heavy (non-hydrogen) atoms. The van der Waals surface area contributed by atoms with Crippen molar-refractivity contribution < 1.29 is 13.7 Å². The topological polar surface area (TPSA) is 98.0 Å². The fourth-order valence-electron chi connectivity index (χ4n) is 4.92. The van der Waals surface area contributed by atoms with Crippen LogP contribution in [-0.2, 0) is 19.7 Å². The van der Waals surface area contributed by atoms with Crippen LogP contribution in [0, 0.1) is 5.82 Å². The molecular weight excluding hydrogens is 473 g/mol. The van der Waals surface area contributed by atoms with E-state index in [1.165, 1.54) is 12.1 Å². The van der Waals surface area contributed by atoms with Gasteiger partial charge in [0.25, 0.3) is 0 Å². The number of fused-ring (bicyclic) bond motifs is 3. The molecule has 1 aliphatic rings. The second kappa shape index (κ2) is 9.18. The Morgan fingerprint density at radius 2 is 1.97 bits per heavy atom. The van der Waals surface area contributed by atoms with E-state index in [0.717, 1.165) is 39.1 Å². The van der Waals surface area contributed by atoms with E-state index in [0.29, 0.717) is 35.8 Å². The molecule has 2 aromatic heterocycles. The molecular formula is C28H24FN5O3. The smallest absolute Gasteiger partial charge is 0.439 e. The maximum Gasteiger partial charge on any atom is 0.439 e. The summed E-state index contributed by atoms with van der Waals surface area (Å²) in [6.07, 6.45) is 0. The summed E-state index contributed by atoms with van der Waals surface area (Å²) < 4.78 is 27.2. The Morgan fingerprint density at radius 3 is 2.78 bits per heavy atom. The number of aromatic amines is 1. The minimum atomic E-state index is -0.639. The average Bonchev–Trinajstić information content (AvgIpc) is 3.44. The monoisotopic (exact) mass is 497 g/mol. The Labute approximate surface area is 211 Å². The molecule has 5 aromatic rings. The quantitative estimate of drug-likeness (QED) is 0.371. The summed E-state index contributed by atoms with van der Waals surface area (Å²) in [4.78, 5) is 19.1. The molecule has 0 spiro atoms. The van der Waals surface area contributed by atoms with Gasteiger partial charge in [-0.15, -0.1) is 0 Å². The zero-order valence-corrected chi connectivity index (χ0v) is 20.3. The molecule has 0 unspecified atom stereocenters. The van der Waals surface area contributed by atoms with E-state index >= 15 is 0 Å². The van der Waals surface area contributed by atoms with Gasteiger partial charge in [0.05, 0.1) is 17.6 Å². The van der Waals surface area contributed by atoms with Crippen LogP contribution in [-0.4, -0.2) is 26.7 Å². The molecule has 0 saturated carbocycles. The summed E-state index contributed by atoms with van der Waals surface area (Å²) >= 11 is 0. The van der Waals surface area contributed by atoms with E-state index in [1.54, 1.807) is 6.07 Å². The van der Waals surface area contributed by atoms with E-state index in [9.17, 15) is 9.18 Å². The highest BCUT2D eigenvalue weighted by Crippen LogP contribution is 2.41. The van der Waals surface area contributed by atoms with Gasteiger partial charge in [0.15, 0.2) is 5.82 Å². The Bertz CT molecular complexity index is 1730. The van der Waals surface area contributed by atoms with E-state index in [1.807, 2.05) is 38.2 Å². The molecule has 0 atom stereocenters. The van der Waals surface area contributed by atoms with Crippen LogP contribution in [0.2, 0.25) is 0 Å². The van der Waals surface area contributed by atoms with E-state index < -0.39 is 5.76 Å². The fraction of sp³-hybridized carbons (Fsp3) is 0.179. The first-order valence-electron chi connectivity index (χ1n) is 11.9. The van der Waals surface area contributed by atoms with Gasteiger partial charge in [0.1, 0.15) is 24.0 Å². The van der Waals surface area contributed by atoms with Crippen molar-refractivity contribution in [2.45, 2.75) is 26.6 Å². The molecule has 0 amide bonds. The zero-order valence-electron chi connectivity index (χ0n) is 20.3. The van der Waals surface area contributed by atoms with Crippen LogP contribution < -0.4 is 15.8 Å². The van der Waals surface area contributed by atoms with Crippen LogP contribution in [0.5, 0.6) is 5.75 Å². The van der Waals surface area contributed by atoms with Gasteiger partial charge in [0.2, 0.25) is 0 Å². The molecule has 2 N–H and O–H groups in total. The number of aromatic nitrogens is 4. The number of imidazole rings is 1. The van der Waals surface area contributed by atoms with Crippen molar-refractivity contribution in [3.8, 4) is 5.75 Å². The van der Waals surface area contributed by atoms with Gasteiger partial charge in [-0.3, -0.25) is 9.51 Å². The number of para-hydroxylation sites is 2. The third-order valence-electron chi connectivity index (χ3n) is 6.61. The molecule has 0 saturated heterocycles. The number of nitrogens with zero attached hydrogens (tertiary/aromatic N) is 3. The van der Waals surface area contributed by atoms with Crippen LogP contribution in [0.15, 0.2) is 70.0 Å². The normalized spacial score (nSPS) is 14.1. The first-order chi connectivity index (χ1) is 18.0. The summed E-state index contributed by atoms with van der Waals surface area (Å²) in [5.74, 6) is 0.661. The summed E-state index contributed by atoms with van der Waals surface area (Å²) in [5, 5.41) is 7.08. The maximum absolute atomic E-state index is 14.1. The predicted molar refractivity (Wildman–Crippen MR) is 137 cm³/mol. The second-order valence-corrected chi connectivity index (χ2v) is 9.00. The van der Waals surface area contributed by atoms with E-state index in [2.05, 4.69) is 38.2 Å². The number of allylic oxidation sites excluding steroid dienone is 1. The zero-order chi connectivity index (χ0) is 25.5. The molecule has 3 aromatic carbocycles. The minimum Gasteiger partial charge on any atom is -0.488 e. The van der Waals surface area contributed by atoms with Crippen molar-refractivity contribution in [1.82, 2.24) is 25.0 Å². The Morgan fingerprint density at radius 1 is 1.14 bits per heavy atom. The third-order valence-corrected chi connectivity index (χ3v) is 6.61. The van der Waals surface area contributed by atoms with Gasteiger partial charge < -0.3 is 14.6 Å². The van der Waals surface area contributed by atoms with Crippen LogP contribution in [0.4, 0.5) is 4.39 Å². The number of nitrogens with one attached hydrogen (secondary N) is 2. The Balaban J connectivity index is 1.48. The van der Waals surface area contributed by atoms with Crippen molar-refractivity contribution in [3.05, 3.63) is 111 Å². The average molecular weight is 498 g/mol. The Hall–Kier alpha value is -4.50. The molecule has 1 aliphatic heterocycles. The number of hydrogen-bond donors (Lipinski definition) is 2. The SMILES string of the molecule is CNCc1nc2ccccc2n1Cc1ccc2c(c1)COc1cc(F)ccc1C2=C(C)c1noc(=O)[nH]1. The first-order valence-corrected chi connectivity index (χ1v) is 11.9. The lowest BCUT2D eigenvalue weighted by Gasteiger charge is -2.15. The summed E-state index contributed by atoms with van der Waals surface area (Å²) in [6.45, 7) is 3.38. The molecule has 9 heteroatoms. The summed E-state index contributed by atoms with van der Waals surface area (Å²) in [6, 6.07) is 18.8. The van der Waals surface area contributed by atoms with E-state index in [4.69, 9.17) is 14.2 Å². The standard InChI is InChI=1S/C28H24FN5O3/c1-16(27-32-28(35)37-33-27)26-20-9-7-17(11-18(20)15-36-24-12-19(29)8-10-21(24)26)14-34-23-6-4-3-5-22(23)31-25(34)13-30-2/h3-12,30H,13-15H2,1-2H3,(H,32,33,35). The fourth-order valence-corrected chi connectivity index (χ4v) is 4.92. The van der Waals surface area contributed by atoms with Gasteiger partial charge in [-0.05, 0) is 66.6 Å². The predicted octanol–water partition coefficient (Wildman–Crippen LogP) is 4.49. The van der Waals surface area contributed by atoms with Crippen LogP contribution in [0.25, 0.3) is 22.2 Å². The lowest BCUT2D eigenvalue weighted by molar-refractivity contribution is 0.305. The van der Waals surface area contributed by atoms with Crippen molar-refractivity contribution in [1.29, 1.82) is 0 Å². The molecule has 0 fully saturated rings. The molecule has 8 nitrogen and oxygen atoms in total. The highest BCUT2D eigenvalue weighted by Gasteiger charge is 2.24. The van der Waals surface area contributed by atoms with Crippen molar-refractivity contribution in [2.24, 2.45) is 0 Å².